The molecule has 0 fully saturated rings. The first-order chi connectivity index (χ1) is 12.7. The average molecular weight is 375 g/mol. The van der Waals surface area contributed by atoms with Crippen LogP contribution in [-0.4, -0.2) is 46.9 Å². The number of hydrogen-bond acceptors (Lipinski definition) is 6. The van der Waals surface area contributed by atoms with E-state index >= 15 is 0 Å². The second-order valence-electron chi connectivity index (χ2n) is 5.67. The summed E-state index contributed by atoms with van der Waals surface area (Å²) in [6.45, 7) is 0.458. The molecule has 0 bridgehead atoms. The third kappa shape index (κ3) is 3.50. The fraction of sp³-hybridized carbons (Fsp3) is 0.235. The molecule has 2 heterocycles. The Morgan fingerprint density at radius 3 is 3.04 bits per heavy atom. The van der Waals surface area contributed by atoms with E-state index in [0.717, 1.165) is 0 Å². The van der Waals surface area contributed by atoms with E-state index in [1.54, 1.807) is 18.2 Å². The molecule has 1 aromatic heterocycles. The minimum atomic E-state index is -0.307. The fourth-order valence-corrected chi connectivity index (χ4v) is 2.70. The monoisotopic (exact) mass is 374 g/mol. The number of amides is 1. The van der Waals surface area contributed by atoms with Gasteiger partial charge < -0.3 is 19.6 Å². The zero-order valence-electron chi connectivity index (χ0n) is 13.6. The molecule has 8 nitrogen and oxygen atoms in total. The van der Waals surface area contributed by atoms with Gasteiger partial charge in [-0.25, -0.2) is 0 Å². The van der Waals surface area contributed by atoms with Gasteiger partial charge in [0.25, 0.3) is 5.91 Å². The van der Waals surface area contributed by atoms with E-state index < -0.39 is 0 Å². The predicted molar refractivity (Wildman–Crippen MR) is 93.3 cm³/mol. The Labute approximate surface area is 153 Å². The Bertz CT molecular complexity index is 945. The van der Waals surface area contributed by atoms with Crippen LogP contribution >= 0.6 is 11.6 Å². The van der Waals surface area contributed by atoms with Crippen LogP contribution < -0.4 is 19.6 Å². The zero-order chi connectivity index (χ0) is 17.9. The summed E-state index contributed by atoms with van der Waals surface area (Å²) in [6, 6.07) is 12.5. The first-order valence-corrected chi connectivity index (χ1v) is 8.36. The number of para-hydroxylation sites is 2. The van der Waals surface area contributed by atoms with Crippen LogP contribution in [0.1, 0.15) is 0 Å². The SMILES string of the molecule is O=C(COn1nnc2ccc(Cl)cc21)NC[C@H]1COc2ccccc2O1. The molecule has 9 heteroatoms. The first-order valence-electron chi connectivity index (χ1n) is 7.98. The molecule has 1 aliphatic rings. The Hall–Kier alpha value is -3.00. The number of nitrogens with one attached hydrogen (secondary N) is 1. The van der Waals surface area contributed by atoms with Gasteiger partial charge in [0.2, 0.25) is 0 Å². The van der Waals surface area contributed by atoms with E-state index in [2.05, 4.69) is 15.6 Å². The normalized spacial score (nSPS) is 15.7. The molecule has 1 amide bonds. The van der Waals surface area contributed by atoms with Gasteiger partial charge in [-0.2, -0.15) is 0 Å². The number of carbonyl (C=O) groups excluding carboxylic acids is 1. The van der Waals surface area contributed by atoms with Crippen LogP contribution in [0.5, 0.6) is 11.5 Å². The molecule has 0 spiro atoms. The molecule has 2 aromatic carbocycles. The maximum atomic E-state index is 12.0. The number of fused-ring (bicyclic) bond motifs is 2. The van der Waals surface area contributed by atoms with Crippen LogP contribution in [0.25, 0.3) is 11.0 Å². The highest BCUT2D eigenvalue weighted by Gasteiger charge is 2.21. The maximum absolute atomic E-state index is 12.0. The minimum absolute atomic E-state index is 0.213. The first kappa shape index (κ1) is 16.5. The van der Waals surface area contributed by atoms with Gasteiger partial charge in [-0.15, -0.1) is 5.10 Å². The molecule has 0 saturated heterocycles. The Morgan fingerprint density at radius 2 is 2.15 bits per heavy atom. The lowest BCUT2D eigenvalue weighted by Crippen LogP contribution is -2.42. The quantitative estimate of drug-likeness (QED) is 0.727. The van der Waals surface area contributed by atoms with Crippen molar-refractivity contribution in [2.45, 2.75) is 6.10 Å². The van der Waals surface area contributed by atoms with E-state index in [1.807, 2.05) is 24.3 Å². The molecule has 0 aliphatic carbocycles. The van der Waals surface area contributed by atoms with Crippen molar-refractivity contribution in [3.8, 4) is 11.5 Å². The molecular formula is C17H15ClN4O4. The standard InChI is InChI=1S/C17H15ClN4O4/c18-11-5-6-13-14(7-11)22(21-20-13)25-10-17(23)19-8-12-9-24-15-3-1-2-4-16(15)26-12/h1-7,12H,8-10H2,(H,19,23)/t12-/m0/s1. The van der Waals surface area contributed by atoms with E-state index in [0.29, 0.717) is 40.7 Å². The molecule has 0 unspecified atom stereocenters. The Kier molecular flexibility index (Phi) is 4.49. The van der Waals surface area contributed by atoms with Crippen LogP contribution in [0, 0.1) is 0 Å². The molecule has 26 heavy (non-hydrogen) atoms. The highest BCUT2D eigenvalue weighted by molar-refractivity contribution is 6.31. The number of aromatic nitrogens is 3. The number of benzene rings is 2. The van der Waals surface area contributed by atoms with E-state index in [9.17, 15) is 4.79 Å². The molecule has 134 valence electrons. The third-order valence-electron chi connectivity index (χ3n) is 3.79. The van der Waals surface area contributed by atoms with Gasteiger partial charge in [0.1, 0.15) is 23.7 Å². The van der Waals surface area contributed by atoms with E-state index in [-0.39, 0.29) is 18.6 Å². The molecule has 0 radical (unpaired) electrons. The van der Waals surface area contributed by atoms with Crippen LogP contribution in [0.2, 0.25) is 5.02 Å². The van der Waals surface area contributed by atoms with Crippen molar-refractivity contribution in [1.82, 2.24) is 20.5 Å². The number of ether oxygens (including phenoxy) is 2. The summed E-state index contributed by atoms with van der Waals surface area (Å²) in [5.41, 5.74) is 1.21. The van der Waals surface area contributed by atoms with Crippen molar-refractivity contribution < 1.29 is 19.1 Å². The number of nitrogens with zero attached hydrogens (tertiary/aromatic N) is 3. The molecule has 1 N–H and O–H groups in total. The van der Waals surface area contributed by atoms with Crippen LogP contribution in [0.3, 0.4) is 0 Å². The van der Waals surface area contributed by atoms with Crippen LogP contribution in [0.15, 0.2) is 42.5 Å². The predicted octanol–water partition coefficient (Wildman–Crippen LogP) is 1.47. The molecule has 4 rings (SSSR count). The fourth-order valence-electron chi connectivity index (χ4n) is 2.53. The molecule has 1 aliphatic heterocycles. The van der Waals surface area contributed by atoms with Crippen LogP contribution in [-0.2, 0) is 4.79 Å². The molecule has 1 atom stereocenters. The Balaban J connectivity index is 1.29. The lowest BCUT2D eigenvalue weighted by atomic mass is 10.2. The number of hydrogen-bond donors (Lipinski definition) is 1. The lowest BCUT2D eigenvalue weighted by Gasteiger charge is -2.26. The molecular weight excluding hydrogens is 360 g/mol. The molecule has 3 aromatic rings. The van der Waals surface area contributed by atoms with Crippen molar-refractivity contribution in [3.63, 3.8) is 0 Å². The second kappa shape index (κ2) is 7.09. The van der Waals surface area contributed by atoms with Gasteiger partial charge in [-0.1, -0.05) is 28.6 Å². The largest absolute Gasteiger partial charge is 0.486 e. The summed E-state index contributed by atoms with van der Waals surface area (Å²) < 4.78 is 11.4. The number of halogens is 1. The van der Waals surface area contributed by atoms with E-state index in [1.165, 1.54) is 4.85 Å². The summed E-state index contributed by atoms with van der Waals surface area (Å²) >= 11 is 5.95. The van der Waals surface area contributed by atoms with Crippen molar-refractivity contribution in [3.05, 3.63) is 47.5 Å². The van der Waals surface area contributed by atoms with Gasteiger partial charge in [0, 0.05) is 5.02 Å². The van der Waals surface area contributed by atoms with Gasteiger partial charge in [-0.3, -0.25) is 4.79 Å². The van der Waals surface area contributed by atoms with Crippen LogP contribution in [0.4, 0.5) is 0 Å². The smallest absolute Gasteiger partial charge is 0.260 e. The van der Waals surface area contributed by atoms with Crippen molar-refractivity contribution in [2.24, 2.45) is 0 Å². The lowest BCUT2D eigenvalue weighted by molar-refractivity contribution is -0.126. The summed E-state index contributed by atoms with van der Waals surface area (Å²) in [6.07, 6.45) is -0.264. The summed E-state index contributed by atoms with van der Waals surface area (Å²) in [5.74, 6) is 1.06. The van der Waals surface area contributed by atoms with Gasteiger partial charge in [0.05, 0.1) is 6.54 Å². The van der Waals surface area contributed by atoms with Gasteiger partial charge >= 0.3 is 0 Å². The highest BCUT2D eigenvalue weighted by atomic mass is 35.5. The molecule has 0 saturated carbocycles. The minimum Gasteiger partial charge on any atom is -0.486 e. The second-order valence-corrected chi connectivity index (χ2v) is 6.11. The van der Waals surface area contributed by atoms with Crippen molar-refractivity contribution >= 4 is 28.5 Å². The third-order valence-corrected chi connectivity index (χ3v) is 4.02. The summed E-state index contributed by atoms with van der Waals surface area (Å²) in [4.78, 5) is 18.6. The van der Waals surface area contributed by atoms with Gasteiger partial charge in [0.15, 0.2) is 18.1 Å². The Morgan fingerprint density at radius 1 is 1.31 bits per heavy atom. The number of rotatable bonds is 5. The van der Waals surface area contributed by atoms with Gasteiger partial charge in [-0.05, 0) is 35.5 Å². The summed E-state index contributed by atoms with van der Waals surface area (Å²) in [7, 11) is 0. The maximum Gasteiger partial charge on any atom is 0.260 e. The van der Waals surface area contributed by atoms with Crippen molar-refractivity contribution in [1.29, 1.82) is 0 Å². The van der Waals surface area contributed by atoms with E-state index in [4.69, 9.17) is 25.9 Å². The average Bonchev–Trinajstić information content (AvgIpc) is 3.06. The number of carbonyl (C=O) groups is 1. The van der Waals surface area contributed by atoms with Crippen molar-refractivity contribution in [2.75, 3.05) is 19.8 Å². The topological polar surface area (TPSA) is 87.5 Å². The zero-order valence-corrected chi connectivity index (χ0v) is 14.3. The summed E-state index contributed by atoms with van der Waals surface area (Å²) in [5, 5.41) is 11.1. The highest BCUT2D eigenvalue weighted by Crippen LogP contribution is 2.30.